The van der Waals surface area contributed by atoms with Crippen molar-refractivity contribution in [2.45, 2.75) is 6.92 Å². The summed E-state index contributed by atoms with van der Waals surface area (Å²) < 4.78 is 15.4. The first kappa shape index (κ1) is 10.8. The van der Waals surface area contributed by atoms with E-state index in [9.17, 15) is 4.39 Å². The topological polar surface area (TPSA) is 43.8 Å². The first-order chi connectivity index (χ1) is 8.66. The van der Waals surface area contributed by atoms with Crippen LogP contribution in [0, 0.1) is 12.7 Å². The van der Waals surface area contributed by atoms with E-state index >= 15 is 0 Å². The third-order valence-corrected chi connectivity index (χ3v) is 2.95. The highest BCUT2D eigenvalue weighted by molar-refractivity contribution is 5.81. The fourth-order valence-electron chi connectivity index (χ4n) is 2.05. The molecule has 18 heavy (non-hydrogen) atoms. The number of hydrogen-bond donors (Lipinski definition) is 1. The number of fused-ring (bicyclic) bond motifs is 1. The summed E-state index contributed by atoms with van der Waals surface area (Å²) in [5, 5.41) is 0. The van der Waals surface area contributed by atoms with Crippen LogP contribution in [-0.4, -0.2) is 9.55 Å². The number of rotatable bonds is 1. The van der Waals surface area contributed by atoms with Crippen LogP contribution >= 0.6 is 0 Å². The van der Waals surface area contributed by atoms with Crippen molar-refractivity contribution in [3.8, 4) is 5.69 Å². The van der Waals surface area contributed by atoms with Gasteiger partial charge in [0.2, 0.25) is 5.95 Å². The van der Waals surface area contributed by atoms with Crippen molar-refractivity contribution in [2.24, 2.45) is 0 Å². The summed E-state index contributed by atoms with van der Waals surface area (Å²) in [5.41, 5.74) is 8.90. The molecule has 0 unspecified atom stereocenters. The Morgan fingerprint density at radius 3 is 2.56 bits per heavy atom. The monoisotopic (exact) mass is 241 g/mol. The SMILES string of the molecule is Cc1ccc(-n2c(N)nc3c(F)cccc32)cc1. The van der Waals surface area contributed by atoms with Gasteiger partial charge in [-0.15, -0.1) is 0 Å². The smallest absolute Gasteiger partial charge is 0.206 e. The second kappa shape index (κ2) is 3.84. The molecule has 0 amide bonds. The van der Waals surface area contributed by atoms with Crippen LogP contribution in [0.1, 0.15) is 5.56 Å². The van der Waals surface area contributed by atoms with Crippen molar-refractivity contribution in [3.63, 3.8) is 0 Å². The summed E-state index contributed by atoms with van der Waals surface area (Å²) in [4.78, 5) is 4.08. The van der Waals surface area contributed by atoms with E-state index in [4.69, 9.17) is 5.73 Å². The Bertz CT molecular complexity index is 714. The summed E-state index contributed by atoms with van der Waals surface area (Å²) in [6.45, 7) is 2.01. The van der Waals surface area contributed by atoms with E-state index in [0.29, 0.717) is 17.0 Å². The molecule has 0 radical (unpaired) electrons. The van der Waals surface area contributed by atoms with Gasteiger partial charge in [0.1, 0.15) is 5.52 Å². The van der Waals surface area contributed by atoms with Crippen LogP contribution in [0.25, 0.3) is 16.7 Å². The predicted octanol–water partition coefficient (Wildman–Crippen LogP) is 3.06. The van der Waals surface area contributed by atoms with Gasteiger partial charge >= 0.3 is 0 Å². The standard InChI is InChI=1S/C14H12FN3/c1-9-5-7-10(8-6-9)18-12-4-2-3-11(15)13(12)17-14(18)16/h2-8H,1H3,(H2,16,17). The maximum Gasteiger partial charge on any atom is 0.206 e. The van der Waals surface area contributed by atoms with Gasteiger partial charge in [-0.05, 0) is 31.2 Å². The van der Waals surface area contributed by atoms with E-state index in [1.54, 1.807) is 10.6 Å². The lowest BCUT2D eigenvalue weighted by Gasteiger charge is -2.06. The van der Waals surface area contributed by atoms with E-state index in [1.165, 1.54) is 6.07 Å². The summed E-state index contributed by atoms with van der Waals surface area (Å²) in [6, 6.07) is 12.7. The Kier molecular flexibility index (Phi) is 2.30. The molecule has 0 aliphatic carbocycles. The molecule has 0 spiro atoms. The fourth-order valence-corrected chi connectivity index (χ4v) is 2.05. The first-order valence-corrected chi connectivity index (χ1v) is 5.66. The number of nitrogens with zero attached hydrogens (tertiary/aromatic N) is 2. The normalized spacial score (nSPS) is 11.0. The van der Waals surface area contributed by atoms with E-state index in [2.05, 4.69) is 4.98 Å². The van der Waals surface area contributed by atoms with Crippen molar-refractivity contribution in [1.82, 2.24) is 9.55 Å². The van der Waals surface area contributed by atoms with Crippen molar-refractivity contribution in [1.29, 1.82) is 0 Å². The number of nitrogen functional groups attached to an aromatic ring is 1. The van der Waals surface area contributed by atoms with Gasteiger partial charge in [0, 0.05) is 5.69 Å². The number of imidazole rings is 1. The van der Waals surface area contributed by atoms with Crippen LogP contribution in [0.15, 0.2) is 42.5 Å². The van der Waals surface area contributed by atoms with Crippen LogP contribution < -0.4 is 5.73 Å². The van der Waals surface area contributed by atoms with Gasteiger partial charge in [-0.2, -0.15) is 0 Å². The molecular formula is C14H12FN3. The van der Waals surface area contributed by atoms with Crippen LogP contribution in [0.5, 0.6) is 0 Å². The highest BCUT2D eigenvalue weighted by Gasteiger charge is 2.12. The summed E-state index contributed by atoms with van der Waals surface area (Å²) in [7, 11) is 0. The number of benzene rings is 2. The minimum atomic E-state index is -0.356. The lowest BCUT2D eigenvalue weighted by molar-refractivity contribution is 0.637. The van der Waals surface area contributed by atoms with Crippen molar-refractivity contribution in [3.05, 3.63) is 53.8 Å². The molecule has 0 saturated carbocycles. The average Bonchev–Trinajstić information content (AvgIpc) is 2.69. The lowest BCUT2D eigenvalue weighted by atomic mass is 10.2. The maximum absolute atomic E-state index is 13.6. The van der Waals surface area contributed by atoms with Crippen molar-refractivity contribution < 1.29 is 4.39 Å². The quantitative estimate of drug-likeness (QED) is 0.711. The third kappa shape index (κ3) is 1.54. The van der Waals surface area contributed by atoms with Gasteiger partial charge in [-0.1, -0.05) is 23.8 Å². The number of aromatic nitrogens is 2. The predicted molar refractivity (Wildman–Crippen MR) is 70.2 cm³/mol. The highest BCUT2D eigenvalue weighted by atomic mass is 19.1. The zero-order valence-electron chi connectivity index (χ0n) is 9.89. The van der Waals surface area contributed by atoms with E-state index in [-0.39, 0.29) is 5.82 Å². The Hall–Kier alpha value is -2.36. The molecule has 0 atom stereocenters. The molecule has 3 nitrogen and oxygen atoms in total. The van der Waals surface area contributed by atoms with Crippen molar-refractivity contribution in [2.75, 3.05) is 5.73 Å². The summed E-state index contributed by atoms with van der Waals surface area (Å²) in [6.07, 6.45) is 0. The molecule has 2 aromatic carbocycles. The molecule has 0 saturated heterocycles. The number of halogens is 1. The third-order valence-electron chi connectivity index (χ3n) is 2.95. The minimum Gasteiger partial charge on any atom is -0.369 e. The number of hydrogen-bond acceptors (Lipinski definition) is 2. The molecule has 4 heteroatoms. The summed E-state index contributed by atoms with van der Waals surface area (Å²) >= 11 is 0. The van der Waals surface area contributed by atoms with Crippen LogP contribution in [0.2, 0.25) is 0 Å². The highest BCUT2D eigenvalue weighted by Crippen LogP contribution is 2.24. The molecule has 0 aliphatic rings. The molecule has 1 heterocycles. The molecule has 90 valence electrons. The number of para-hydroxylation sites is 1. The molecule has 0 fully saturated rings. The van der Waals surface area contributed by atoms with Crippen molar-refractivity contribution >= 4 is 17.0 Å². The van der Waals surface area contributed by atoms with E-state index in [1.807, 2.05) is 37.3 Å². The Balaban J connectivity index is 2.32. The molecule has 1 aromatic heterocycles. The van der Waals surface area contributed by atoms with Gasteiger partial charge in [-0.3, -0.25) is 4.57 Å². The van der Waals surface area contributed by atoms with Crippen LogP contribution in [0.4, 0.5) is 10.3 Å². The number of nitrogens with two attached hydrogens (primary N) is 1. The molecular weight excluding hydrogens is 229 g/mol. The van der Waals surface area contributed by atoms with Gasteiger partial charge in [0.25, 0.3) is 0 Å². The minimum absolute atomic E-state index is 0.291. The molecule has 0 aliphatic heterocycles. The van der Waals surface area contributed by atoms with Crippen LogP contribution in [-0.2, 0) is 0 Å². The molecule has 0 bridgehead atoms. The van der Waals surface area contributed by atoms with E-state index < -0.39 is 0 Å². The second-order valence-corrected chi connectivity index (χ2v) is 4.25. The molecule has 3 aromatic rings. The Morgan fingerprint density at radius 2 is 1.83 bits per heavy atom. The van der Waals surface area contributed by atoms with Gasteiger partial charge in [0.05, 0.1) is 5.52 Å². The fraction of sp³-hybridized carbons (Fsp3) is 0.0714. The largest absolute Gasteiger partial charge is 0.369 e. The van der Waals surface area contributed by atoms with Crippen LogP contribution in [0.3, 0.4) is 0 Å². The number of anilines is 1. The lowest BCUT2D eigenvalue weighted by Crippen LogP contribution is -2.00. The molecule has 3 rings (SSSR count). The van der Waals surface area contributed by atoms with Gasteiger partial charge in [0.15, 0.2) is 5.82 Å². The van der Waals surface area contributed by atoms with Gasteiger partial charge < -0.3 is 5.73 Å². The first-order valence-electron chi connectivity index (χ1n) is 5.66. The van der Waals surface area contributed by atoms with Gasteiger partial charge in [-0.25, -0.2) is 9.37 Å². The maximum atomic E-state index is 13.6. The average molecular weight is 241 g/mol. The second-order valence-electron chi connectivity index (χ2n) is 4.25. The number of aryl methyl sites for hydroxylation is 1. The summed E-state index contributed by atoms with van der Waals surface area (Å²) in [5.74, 6) is -0.0657. The zero-order valence-corrected chi connectivity index (χ0v) is 9.89. The molecule has 2 N–H and O–H groups in total. The Labute approximate surface area is 104 Å². The zero-order chi connectivity index (χ0) is 12.7. The Morgan fingerprint density at radius 1 is 1.11 bits per heavy atom. The van der Waals surface area contributed by atoms with E-state index in [0.717, 1.165) is 11.3 Å².